The summed E-state index contributed by atoms with van der Waals surface area (Å²) in [6, 6.07) is 5.25. The van der Waals surface area contributed by atoms with Gasteiger partial charge in [0, 0.05) is 31.8 Å². The van der Waals surface area contributed by atoms with E-state index in [0.29, 0.717) is 44.0 Å². The number of nitrogens with one attached hydrogen (secondary N) is 1. The molecule has 0 aromatic heterocycles. The zero-order valence-corrected chi connectivity index (χ0v) is 25.3. The van der Waals surface area contributed by atoms with Crippen molar-refractivity contribution in [3.63, 3.8) is 0 Å². The molecule has 2 saturated heterocycles. The minimum Gasteiger partial charge on any atom is -0.497 e. The van der Waals surface area contributed by atoms with Gasteiger partial charge < -0.3 is 19.5 Å². The van der Waals surface area contributed by atoms with Crippen LogP contribution in [0.25, 0.3) is 0 Å². The molecular formula is C32H41F3N2O7. The van der Waals surface area contributed by atoms with Gasteiger partial charge in [-0.2, -0.15) is 13.2 Å². The summed E-state index contributed by atoms with van der Waals surface area (Å²) in [6.07, 6.45) is -1.35. The number of benzene rings is 1. The number of amides is 1. The Morgan fingerprint density at radius 2 is 1.75 bits per heavy atom. The van der Waals surface area contributed by atoms with Crippen molar-refractivity contribution in [2.75, 3.05) is 46.6 Å². The predicted octanol–water partition coefficient (Wildman–Crippen LogP) is 3.63. The Kier molecular flexibility index (Phi) is 11.4. The summed E-state index contributed by atoms with van der Waals surface area (Å²) in [6.45, 7) is 3.25. The molecule has 4 atom stereocenters. The molecule has 12 heteroatoms. The summed E-state index contributed by atoms with van der Waals surface area (Å²) in [5, 5.41) is 2.32. The number of ketones is 3. The highest BCUT2D eigenvalue weighted by molar-refractivity contribution is 5.97. The molecule has 1 aromatic rings. The van der Waals surface area contributed by atoms with Gasteiger partial charge in [0.2, 0.25) is 5.91 Å². The fraction of sp³-hybridized carbons (Fsp3) is 0.625. The van der Waals surface area contributed by atoms with Gasteiger partial charge in [-0.15, -0.1) is 0 Å². The third kappa shape index (κ3) is 9.45. The predicted molar refractivity (Wildman–Crippen MR) is 154 cm³/mol. The lowest BCUT2D eigenvalue weighted by Gasteiger charge is -2.27. The lowest BCUT2D eigenvalue weighted by molar-refractivity contribution is -0.186. The Morgan fingerprint density at radius 1 is 1.07 bits per heavy atom. The van der Waals surface area contributed by atoms with Crippen molar-refractivity contribution in [1.82, 2.24) is 10.2 Å². The van der Waals surface area contributed by atoms with E-state index in [0.717, 1.165) is 24.8 Å². The molecule has 0 saturated carbocycles. The zero-order chi connectivity index (χ0) is 31.9. The van der Waals surface area contributed by atoms with Crippen LogP contribution in [0.1, 0.15) is 51.0 Å². The van der Waals surface area contributed by atoms with Gasteiger partial charge in [-0.05, 0) is 56.7 Å². The van der Waals surface area contributed by atoms with Crippen LogP contribution in [-0.2, 0) is 35.1 Å². The lowest BCUT2D eigenvalue weighted by atomic mass is 9.83. The van der Waals surface area contributed by atoms with Crippen molar-refractivity contribution in [2.45, 2.75) is 69.7 Å². The van der Waals surface area contributed by atoms with E-state index < -0.39 is 53.5 Å². The molecule has 242 valence electrons. The number of nitrogens with zero attached hydrogens (tertiary/aromatic N) is 1. The van der Waals surface area contributed by atoms with Crippen LogP contribution in [-0.4, -0.2) is 92.5 Å². The number of methoxy groups -OCH3 is 1. The molecule has 4 rings (SSSR count). The number of epoxide rings is 1. The van der Waals surface area contributed by atoms with Crippen LogP contribution in [0.2, 0.25) is 0 Å². The van der Waals surface area contributed by atoms with E-state index >= 15 is 0 Å². The second-order valence-electron chi connectivity index (χ2n) is 12.0. The van der Waals surface area contributed by atoms with Crippen molar-refractivity contribution >= 4 is 23.3 Å². The highest BCUT2D eigenvalue weighted by Gasteiger charge is 2.50. The number of ether oxygens (including phenoxy) is 3. The number of carbonyl (C=O) groups is 4. The van der Waals surface area contributed by atoms with Crippen LogP contribution in [0.4, 0.5) is 13.2 Å². The Hall–Kier alpha value is -3.09. The lowest BCUT2D eigenvalue weighted by Crippen LogP contribution is -2.50. The van der Waals surface area contributed by atoms with Crippen LogP contribution >= 0.6 is 0 Å². The van der Waals surface area contributed by atoms with Gasteiger partial charge >= 0.3 is 6.18 Å². The summed E-state index contributed by atoms with van der Waals surface area (Å²) in [5.74, 6) is -5.77. The van der Waals surface area contributed by atoms with E-state index in [4.69, 9.17) is 14.2 Å². The first-order valence-corrected chi connectivity index (χ1v) is 15.1. The van der Waals surface area contributed by atoms with Crippen molar-refractivity contribution in [1.29, 1.82) is 0 Å². The van der Waals surface area contributed by atoms with E-state index in [2.05, 4.69) is 11.4 Å². The van der Waals surface area contributed by atoms with E-state index in [1.54, 1.807) is 36.1 Å². The topological polar surface area (TPSA) is 115 Å². The van der Waals surface area contributed by atoms with Crippen molar-refractivity contribution in [2.24, 2.45) is 11.8 Å². The molecule has 9 nitrogen and oxygen atoms in total. The van der Waals surface area contributed by atoms with E-state index in [9.17, 15) is 32.3 Å². The molecule has 44 heavy (non-hydrogen) atoms. The second-order valence-corrected chi connectivity index (χ2v) is 12.0. The van der Waals surface area contributed by atoms with Crippen LogP contribution in [0.15, 0.2) is 35.9 Å². The summed E-state index contributed by atoms with van der Waals surface area (Å²) < 4.78 is 58.2. The van der Waals surface area contributed by atoms with Gasteiger partial charge in [0.25, 0.3) is 0 Å². The Labute approximate surface area is 255 Å². The maximum Gasteiger partial charge on any atom is 0.400 e. The quantitative estimate of drug-likeness (QED) is 0.220. The minimum atomic E-state index is -5.01. The first kappa shape index (κ1) is 33.8. The van der Waals surface area contributed by atoms with E-state index in [1.807, 2.05) is 0 Å². The molecule has 3 aliphatic rings. The molecule has 1 aliphatic carbocycles. The normalized spacial score (nSPS) is 22.4. The van der Waals surface area contributed by atoms with Gasteiger partial charge in [0.15, 0.2) is 11.6 Å². The first-order chi connectivity index (χ1) is 20.9. The molecular weight excluding hydrogens is 581 g/mol. The smallest absolute Gasteiger partial charge is 0.400 e. The zero-order valence-electron chi connectivity index (χ0n) is 25.3. The Bertz CT molecular complexity index is 1220. The molecule has 1 N–H and O–H groups in total. The average molecular weight is 623 g/mol. The third-order valence-electron chi connectivity index (χ3n) is 8.51. The minimum absolute atomic E-state index is 0.0990. The Morgan fingerprint density at radius 3 is 2.32 bits per heavy atom. The van der Waals surface area contributed by atoms with Crippen LogP contribution in [0.3, 0.4) is 0 Å². The molecule has 0 bridgehead atoms. The monoisotopic (exact) mass is 622 g/mol. The molecule has 1 aromatic carbocycles. The van der Waals surface area contributed by atoms with Crippen LogP contribution in [0, 0.1) is 11.8 Å². The summed E-state index contributed by atoms with van der Waals surface area (Å²) in [5.41, 5.74) is 0.656. The SMILES string of the molecule is COc1ccc(C[C@H](NC(=O)C(CC(=O)CN2CCOCC2)C(F)(F)F)C(=O)C[C@@H](CC2=CCCC2)C(=O)[C@@]2(C)CO2)cc1. The van der Waals surface area contributed by atoms with Gasteiger partial charge in [-0.25, -0.2) is 0 Å². The fourth-order valence-electron chi connectivity index (χ4n) is 5.74. The summed E-state index contributed by atoms with van der Waals surface area (Å²) in [4.78, 5) is 54.7. The van der Waals surface area contributed by atoms with Crippen LogP contribution in [0.5, 0.6) is 5.75 Å². The highest BCUT2D eigenvalue weighted by Crippen LogP contribution is 2.36. The second kappa shape index (κ2) is 14.8. The van der Waals surface area contributed by atoms with Crippen molar-refractivity contribution < 1.29 is 46.6 Å². The molecule has 2 fully saturated rings. The molecule has 0 radical (unpaired) electrons. The number of halogens is 3. The maximum atomic E-state index is 14.1. The van der Waals surface area contributed by atoms with Gasteiger partial charge in [0.1, 0.15) is 23.1 Å². The average Bonchev–Trinajstić information content (AvgIpc) is 3.53. The number of rotatable bonds is 16. The van der Waals surface area contributed by atoms with Gasteiger partial charge in [-0.1, -0.05) is 23.8 Å². The number of Topliss-reactive ketones (excluding diaryl/α,β-unsaturated/α-hetero) is 3. The fourth-order valence-corrected chi connectivity index (χ4v) is 5.74. The van der Waals surface area contributed by atoms with Crippen molar-refractivity contribution in [3.8, 4) is 5.75 Å². The van der Waals surface area contributed by atoms with E-state index in [-0.39, 0.29) is 31.8 Å². The van der Waals surface area contributed by atoms with Crippen LogP contribution < -0.4 is 10.1 Å². The third-order valence-corrected chi connectivity index (χ3v) is 8.51. The van der Waals surface area contributed by atoms with Gasteiger partial charge in [-0.3, -0.25) is 24.1 Å². The number of allylic oxidation sites excluding steroid dienone is 2. The number of carbonyl (C=O) groups excluding carboxylic acids is 4. The Balaban J connectivity index is 1.52. The number of hydrogen-bond acceptors (Lipinski definition) is 8. The summed E-state index contributed by atoms with van der Waals surface area (Å²) >= 11 is 0. The molecule has 0 spiro atoms. The number of hydrogen-bond donors (Lipinski definition) is 1. The maximum absolute atomic E-state index is 14.1. The van der Waals surface area contributed by atoms with Gasteiger partial charge in [0.05, 0.1) is 39.5 Å². The highest BCUT2D eigenvalue weighted by atomic mass is 19.4. The first-order valence-electron chi connectivity index (χ1n) is 15.1. The van der Waals surface area contributed by atoms with E-state index in [1.165, 1.54) is 7.11 Å². The molecule has 2 heterocycles. The number of morpholine rings is 1. The summed E-state index contributed by atoms with van der Waals surface area (Å²) in [7, 11) is 1.49. The number of alkyl halides is 3. The molecule has 2 aliphatic heterocycles. The standard InChI is InChI=1S/C32H41F3N2O7/c1-31(20-44-31)29(40)23(15-21-5-3-4-6-21)17-28(39)27(16-22-7-9-25(42-2)10-8-22)36-30(41)26(32(33,34)35)18-24(38)19-37-11-13-43-14-12-37/h5,7-10,23,26-27H,3-4,6,11-20H2,1-2H3,(H,36,41)/t23-,26?,27+,31-/m1/s1. The molecule has 1 unspecified atom stereocenters. The molecule has 1 amide bonds. The van der Waals surface area contributed by atoms with Crippen molar-refractivity contribution in [3.05, 3.63) is 41.5 Å². The largest absolute Gasteiger partial charge is 0.497 e.